The smallest absolute Gasteiger partial charge is 0.143 e. The average Bonchev–Trinajstić information content (AvgIpc) is 3.10. The third-order valence-corrected chi connectivity index (χ3v) is 2.50. The first kappa shape index (κ1) is 10.5. The van der Waals surface area contributed by atoms with Gasteiger partial charge in [0.2, 0.25) is 0 Å². The Bertz CT molecular complexity index is 583. The molecule has 18 heavy (non-hydrogen) atoms. The molecule has 2 heterocycles. The van der Waals surface area contributed by atoms with Gasteiger partial charge in [0, 0.05) is 18.1 Å². The van der Waals surface area contributed by atoms with Crippen molar-refractivity contribution in [1.29, 1.82) is 0 Å². The fourth-order valence-corrected chi connectivity index (χ4v) is 1.59. The maximum Gasteiger partial charge on any atom is 0.143 e. The Hall–Kier alpha value is -2.70. The number of hydrogen-bond donors (Lipinski definition) is 2. The summed E-state index contributed by atoms with van der Waals surface area (Å²) in [6.07, 6.45) is 5.10. The second-order valence-corrected chi connectivity index (χ2v) is 3.69. The number of tetrazole rings is 1. The number of anilines is 1. The van der Waals surface area contributed by atoms with Gasteiger partial charge in [0.25, 0.3) is 0 Å². The van der Waals surface area contributed by atoms with E-state index < -0.39 is 0 Å². The number of nitrogens with zero attached hydrogens (tertiary/aromatic N) is 5. The van der Waals surface area contributed by atoms with Crippen molar-refractivity contribution >= 4 is 5.69 Å². The van der Waals surface area contributed by atoms with Crippen LogP contribution < -0.4 is 5.32 Å². The lowest BCUT2D eigenvalue weighted by atomic mass is 10.3. The Kier molecular flexibility index (Phi) is 2.71. The Morgan fingerprint density at radius 3 is 2.78 bits per heavy atom. The number of hydrogen-bond acceptors (Lipinski definition) is 5. The van der Waals surface area contributed by atoms with Crippen LogP contribution in [-0.2, 0) is 6.54 Å². The molecule has 7 nitrogen and oxygen atoms in total. The predicted molar refractivity (Wildman–Crippen MR) is 65.1 cm³/mol. The van der Waals surface area contributed by atoms with E-state index in [0.29, 0.717) is 6.54 Å². The van der Waals surface area contributed by atoms with Gasteiger partial charge >= 0.3 is 0 Å². The highest BCUT2D eigenvalue weighted by Crippen LogP contribution is 2.12. The van der Waals surface area contributed by atoms with Gasteiger partial charge in [-0.3, -0.25) is 0 Å². The van der Waals surface area contributed by atoms with Crippen LogP contribution in [-0.4, -0.2) is 30.2 Å². The monoisotopic (exact) mass is 241 g/mol. The maximum atomic E-state index is 4.14. The van der Waals surface area contributed by atoms with Crippen LogP contribution in [0.25, 0.3) is 5.69 Å². The number of nitrogens with one attached hydrogen (secondary N) is 2. The molecule has 0 unspecified atom stereocenters. The van der Waals surface area contributed by atoms with E-state index >= 15 is 0 Å². The van der Waals surface area contributed by atoms with Crippen LogP contribution in [0.3, 0.4) is 0 Å². The van der Waals surface area contributed by atoms with Gasteiger partial charge in [-0.25, -0.2) is 9.67 Å². The molecular formula is C11H11N7. The highest BCUT2D eigenvalue weighted by atomic mass is 15.5. The number of imidazole rings is 1. The summed E-state index contributed by atoms with van der Waals surface area (Å²) in [7, 11) is 0. The summed E-state index contributed by atoms with van der Waals surface area (Å²) < 4.78 is 1.61. The summed E-state index contributed by atoms with van der Waals surface area (Å²) in [6, 6.07) is 7.83. The number of aromatic nitrogens is 6. The van der Waals surface area contributed by atoms with Crippen LogP contribution in [0, 0.1) is 0 Å². The van der Waals surface area contributed by atoms with E-state index in [2.05, 4.69) is 30.8 Å². The van der Waals surface area contributed by atoms with Crippen LogP contribution in [0.15, 0.2) is 43.0 Å². The zero-order valence-electron chi connectivity index (χ0n) is 9.48. The van der Waals surface area contributed by atoms with Crippen molar-refractivity contribution in [3.05, 3.63) is 48.8 Å². The predicted octanol–water partition coefficient (Wildman–Crippen LogP) is 0.997. The summed E-state index contributed by atoms with van der Waals surface area (Å²) in [4.78, 5) is 7.18. The van der Waals surface area contributed by atoms with Crippen molar-refractivity contribution < 1.29 is 0 Å². The fourth-order valence-electron chi connectivity index (χ4n) is 1.59. The van der Waals surface area contributed by atoms with Gasteiger partial charge in [-0.15, -0.1) is 5.10 Å². The van der Waals surface area contributed by atoms with Gasteiger partial charge in [0.15, 0.2) is 0 Å². The second kappa shape index (κ2) is 4.66. The Morgan fingerprint density at radius 2 is 2.11 bits per heavy atom. The molecule has 0 radical (unpaired) electrons. The van der Waals surface area contributed by atoms with Crippen LogP contribution in [0.5, 0.6) is 0 Å². The van der Waals surface area contributed by atoms with Crippen LogP contribution in [0.4, 0.5) is 5.69 Å². The molecule has 0 saturated heterocycles. The van der Waals surface area contributed by atoms with Gasteiger partial charge in [-0.05, 0) is 34.7 Å². The van der Waals surface area contributed by atoms with Gasteiger partial charge in [-0.1, -0.05) is 0 Å². The molecule has 90 valence electrons. The molecule has 0 bridgehead atoms. The largest absolute Gasteiger partial charge is 0.378 e. The van der Waals surface area contributed by atoms with Crippen molar-refractivity contribution in [2.24, 2.45) is 0 Å². The molecule has 2 N–H and O–H groups in total. The first-order valence-corrected chi connectivity index (χ1v) is 5.47. The molecule has 0 saturated carbocycles. The third kappa shape index (κ3) is 2.19. The molecule has 0 aliphatic heterocycles. The average molecular weight is 241 g/mol. The van der Waals surface area contributed by atoms with Crippen molar-refractivity contribution in [3.63, 3.8) is 0 Å². The number of rotatable bonds is 4. The van der Waals surface area contributed by atoms with Gasteiger partial charge in [0.1, 0.15) is 12.2 Å². The van der Waals surface area contributed by atoms with Crippen LogP contribution in [0.2, 0.25) is 0 Å². The van der Waals surface area contributed by atoms with E-state index in [1.54, 1.807) is 23.4 Å². The van der Waals surface area contributed by atoms with Gasteiger partial charge < -0.3 is 10.3 Å². The Balaban J connectivity index is 1.68. The third-order valence-electron chi connectivity index (χ3n) is 2.50. The molecule has 2 aromatic heterocycles. The lowest BCUT2D eigenvalue weighted by Gasteiger charge is -2.05. The standard InChI is InChI=1S/C11H11N7/c1-3-10(18-8-15-16-17-18)4-2-9(1)14-7-11-12-5-6-13-11/h1-6,8,14H,7H2,(H,12,13). The molecule has 3 rings (SSSR count). The van der Waals surface area contributed by atoms with E-state index in [1.807, 2.05) is 24.3 Å². The van der Waals surface area contributed by atoms with Crippen molar-refractivity contribution in [2.45, 2.75) is 6.54 Å². The number of H-pyrrole nitrogens is 1. The molecule has 3 aromatic rings. The molecule has 0 amide bonds. The summed E-state index contributed by atoms with van der Waals surface area (Å²) in [6.45, 7) is 0.664. The van der Waals surface area contributed by atoms with Crippen LogP contribution in [0.1, 0.15) is 5.82 Å². The van der Waals surface area contributed by atoms with Crippen molar-refractivity contribution in [3.8, 4) is 5.69 Å². The Labute approximate surface area is 103 Å². The zero-order chi connectivity index (χ0) is 12.2. The minimum Gasteiger partial charge on any atom is -0.378 e. The number of aromatic amines is 1. The normalized spacial score (nSPS) is 10.4. The lowest BCUT2D eigenvalue weighted by molar-refractivity contribution is 0.789. The SMILES string of the molecule is c1c[nH]c(CNc2ccc(-n3cnnn3)cc2)n1. The molecule has 0 spiro atoms. The maximum absolute atomic E-state index is 4.14. The first-order chi connectivity index (χ1) is 8.92. The van der Waals surface area contributed by atoms with E-state index in [-0.39, 0.29) is 0 Å². The summed E-state index contributed by atoms with van der Waals surface area (Å²) in [5.41, 5.74) is 1.94. The summed E-state index contributed by atoms with van der Waals surface area (Å²) >= 11 is 0. The molecule has 1 aromatic carbocycles. The van der Waals surface area contributed by atoms with Crippen molar-refractivity contribution in [2.75, 3.05) is 5.32 Å². The molecular weight excluding hydrogens is 230 g/mol. The van der Waals surface area contributed by atoms with E-state index in [9.17, 15) is 0 Å². The molecule has 0 aliphatic rings. The summed E-state index contributed by atoms with van der Waals surface area (Å²) in [5, 5.41) is 14.3. The van der Waals surface area contributed by atoms with Crippen LogP contribution >= 0.6 is 0 Å². The molecule has 0 atom stereocenters. The zero-order valence-corrected chi connectivity index (χ0v) is 9.48. The minimum atomic E-state index is 0.664. The van der Waals surface area contributed by atoms with Gasteiger partial charge in [-0.2, -0.15) is 0 Å². The van der Waals surface area contributed by atoms with Crippen molar-refractivity contribution in [1.82, 2.24) is 30.2 Å². The number of benzene rings is 1. The minimum absolute atomic E-state index is 0.664. The topological polar surface area (TPSA) is 84.3 Å². The summed E-state index contributed by atoms with van der Waals surface area (Å²) in [5.74, 6) is 0.902. The highest BCUT2D eigenvalue weighted by Gasteiger charge is 1.99. The lowest BCUT2D eigenvalue weighted by Crippen LogP contribution is -2.01. The molecule has 0 fully saturated rings. The second-order valence-electron chi connectivity index (χ2n) is 3.69. The first-order valence-electron chi connectivity index (χ1n) is 5.47. The Morgan fingerprint density at radius 1 is 1.22 bits per heavy atom. The van der Waals surface area contributed by atoms with E-state index in [0.717, 1.165) is 17.2 Å². The van der Waals surface area contributed by atoms with E-state index in [4.69, 9.17) is 0 Å². The fraction of sp³-hybridized carbons (Fsp3) is 0.0909. The van der Waals surface area contributed by atoms with E-state index in [1.165, 1.54) is 0 Å². The molecule has 0 aliphatic carbocycles. The van der Waals surface area contributed by atoms with Gasteiger partial charge in [0.05, 0.1) is 12.2 Å². The quantitative estimate of drug-likeness (QED) is 0.711. The molecule has 7 heteroatoms. The highest BCUT2D eigenvalue weighted by molar-refractivity contribution is 5.48.